The van der Waals surface area contributed by atoms with Crippen LogP contribution in [0.5, 0.6) is 0 Å². The number of fused-ring (bicyclic) bond motifs is 2. The third kappa shape index (κ3) is 2.40. The molecular weight excluding hydrogens is 410 g/mol. The Balaban J connectivity index is 0.00000162. The van der Waals surface area contributed by atoms with Gasteiger partial charge in [0.1, 0.15) is 5.78 Å². The van der Waals surface area contributed by atoms with Gasteiger partial charge < -0.3 is 20.4 Å². The maximum atomic E-state index is 11.5. The predicted octanol–water partition coefficient (Wildman–Crippen LogP) is 0.566. The third-order valence-electron chi connectivity index (χ3n) is 3.23. The SMILES string of the molecule is CC(=O)C1C2OC(C=C2CC([NH-])=O)C1C(=O)O.[W]. The van der Waals surface area contributed by atoms with Crippen LogP contribution in [0.4, 0.5) is 0 Å². The summed E-state index contributed by atoms with van der Waals surface area (Å²) in [5.74, 6) is -3.70. The van der Waals surface area contributed by atoms with Gasteiger partial charge in [0.2, 0.25) is 0 Å². The van der Waals surface area contributed by atoms with Crippen molar-refractivity contribution < 1.29 is 45.3 Å². The van der Waals surface area contributed by atoms with E-state index in [4.69, 9.17) is 15.6 Å². The second kappa shape index (κ2) is 5.32. The summed E-state index contributed by atoms with van der Waals surface area (Å²) in [6.07, 6.45) is 0.167. The molecule has 2 aliphatic heterocycles. The minimum Gasteiger partial charge on any atom is -0.667 e. The molecule has 0 radical (unpaired) electrons. The van der Waals surface area contributed by atoms with Crippen molar-refractivity contribution in [1.82, 2.24) is 0 Å². The minimum atomic E-state index is -1.06. The van der Waals surface area contributed by atoms with Crippen molar-refractivity contribution in [2.75, 3.05) is 0 Å². The maximum absolute atomic E-state index is 11.5. The van der Waals surface area contributed by atoms with Crippen LogP contribution in [0.1, 0.15) is 13.3 Å². The molecule has 2 heterocycles. The van der Waals surface area contributed by atoms with Crippen molar-refractivity contribution in [2.45, 2.75) is 25.6 Å². The monoisotopic (exact) mass is 422 g/mol. The molecule has 1 fully saturated rings. The van der Waals surface area contributed by atoms with E-state index in [1.165, 1.54) is 6.92 Å². The fraction of sp³-hybridized carbons (Fsp3) is 0.545. The summed E-state index contributed by atoms with van der Waals surface area (Å²) < 4.78 is 5.40. The Labute approximate surface area is 118 Å². The molecule has 0 spiro atoms. The zero-order chi connectivity index (χ0) is 12.7. The maximum Gasteiger partial charge on any atom is 0.310 e. The number of rotatable bonds is 4. The van der Waals surface area contributed by atoms with Crippen LogP contribution < -0.4 is 0 Å². The topological polar surface area (TPSA) is 104 Å². The van der Waals surface area contributed by atoms with Crippen molar-refractivity contribution in [2.24, 2.45) is 11.8 Å². The first-order chi connectivity index (χ1) is 7.91. The first-order valence-electron chi connectivity index (χ1n) is 5.25. The summed E-state index contributed by atoms with van der Waals surface area (Å²) in [5, 5.41) is 9.06. The van der Waals surface area contributed by atoms with Gasteiger partial charge in [0, 0.05) is 27.5 Å². The number of Topliss-reactive ketones (excluding diaryl/α,β-unsaturated/α-hetero) is 1. The summed E-state index contributed by atoms with van der Waals surface area (Å²) >= 11 is 0. The van der Waals surface area contributed by atoms with Gasteiger partial charge in [-0.2, -0.15) is 0 Å². The molecule has 18 heavy (non-hydrogen) atoms. The fourth-order valence-corrected chi connectivity index (χ4v) is 2.60. The molecule has 2 N–H and O–H groups in total. The van der Waals surface area contributed by atoms with Crippen molar-refractivity contribution in [3.8, 4) is 0 Å². The Kier molecular flexibility index (Phi) is 4.45. The Hall–Kier alpha value is -1.00. The number of carboxylic acid groups (broad SMARTS) is 1. The molecule has 4 atom stereocenters. The van der Waals surface area contributed by atoms with Crippen molar-refractivity contribution in [3.63, 3.8) is 0 Å². The van der Waals surface area contributed by atoms with E-state index in [0.717, 1.165) is 0 Å². The van der Waals surface area contributed by atoms with Crippen LogP contribution in [0, 0.1) is 11.8 Å². The Bertz CT molecular complexity index is 433. The van der Waals surface area contributed by atoms with Gasteiger partial charge in [-0.15, -0.1) is 0 Å². The van der Waals surface area contributed by atoms with E-state index in [9.17, 15) is 14.4 Å². The quantitative estimate of drug-likeness (QED) is 0.668. The average Bonchev–Trinajstić information content (AvgIpc) is 2.71. The molecule has 1 saturated heterocycles. The normalized spacial score (nSPS) is 32.6. The molecule has 98 valence electrons. The van der Waals surface area contributed by atoms with Gasteiger partial charge in [-0.1, -0.05) is 6.08 Å². The van der Waals surface area contributed by atoms with Gasteiger partial charge in [-0.25, -0.2) is 0 Å². The van der Waals surface area contributed by atoms with E-state index in [-0.39, 0.29) is 33.3 Å². The van der Waals surface area contributed by atoms with Crippen LogP contribution in [0.25, 0.3) is 5.73 Å². The summed E-state index contributed by atoms with van der Waals surface area (Å²) in [4.78, 5) is 33.3. The molecule has 2 aliphatic rings. The van der Waals surface area contributed by atoms with Crippen molar-refractivity contribution in [1.29, 1.82) is 0 Å². The number of aliphatic carboxylic acids is 1. The number of carbonyl (C=O) groups excluding carboxylic acids is 2. The van der Waals surface area contributed by atoms with Gasteiger partial charge in [0.05, 0.1) is 30.0 Å². The Morgan fingerprint density at radius 3 is 2.44 bits per heavy atom. The Morgan fingerprint density at radius 1 is 1.39 bits per heavy atom. The molecular formula is C11H12NO5W-. The van der Waals surface area contributed by atoms with E-state index in [1.807, 2.05) is 0 Å². The zero-order valence-corrected chi connectivity index (χ0v) is 12.5. The second-order valence-corrected chi connectivity index (χ2v) is 4.36. The first kappa shape index (κ1) is 15.1. The standard InChI is InChI=1S/C11H13NO5.W/c1-4(13)8-9(11(15)16)6-2-5(3-7(12)14)10(8)17-6;/h2,6,8-10H,3H2,1H3,(H3,12,14,15,16);/p-1. The number of ketones is 1. The predicted molar refractivity (Wildman–Crippen MR) is 56.0 cm³/mol. The molecule has 2 bridgehead atoms. The summed E-state index contributed by atoms with van der Waals surface area (Å²) in [5.41, 5.74) is 7.46. The molecule has 0 aromatic carbocycles. The summed E-state index contributed by atoms with van der Waals surface area (Å²) in [6, 6.07) is 0. The smallest absolute Gasteiger partial charge is 0.310 e. The molecule has 6 nitrogen and oxygen atoms in total. The molecule has 0 aromatic heterocycles. The van der Waals surface area contributed by atoms with Crippen LogP contribution in [0.3, 0.4) is 0 Å². The molecule has 0 aliphatic carbocycles. The molecule has 2 rings (SSSR count). The zero-order valence-electron chi connectivity index (χ0n) is 9.58. The van der Waals surface area contributed by atoms with E-state index in [1.54, 1.807) is 6.08 Å². The molecule has 7 heteroatoms. The average molecular weight is 422 g/mol. The van der Waals surface area contributed by atoms with Gasteiger partial charge in [-0.05, 0) is 12.5 Å². The first-order valence-corrected chi connectivity index (χ1v) is 5.25. The fourth-order valence-electron chi connectivity index (χ4n) is 2.60. The van der Waals surface area contributed by atoms with Crippen molar-refractivity contribution in [3.05, 3.63) is 17.4 Å². The molecule has 0 saturated carbocycles. The van der Waals surface area contributed by atoms with Crippen LogP contribution in [-0.4, -0.2) is 35.0 Å². The number of carbonyl (C=O) groups is 3. The van der Waals surface area contributed by atoms with E-state index >= 15 is 0 Å². The third-order valence-corrected chi connectivity index (χ3v) is 3.23. The van der Waals surface area contributed by atoms with Crippen LogP contribution >= 0.6 is 0 Å². The number of nitrogens with one attached hydrogen (secondary N) is 1. The van der Waals surface area contributed by atoms with Gasteiger partial charge in [0.15, 0.2) is 0 Å². The van der Waals surface area contributed by atoms with Crippen LogP contribution in [0.15, 0.2) is 11.6 Å². The van der Waals surface area contributed by atoms with Gasteiger partial charge >= 0.3 is 5.97 Å². The summed E-state index contributed by atoms with van der Waals surface area (Å²) in [6.45, 7) is 1.32. The molecule has 1 amide bonds. The van der Waals surface area contributed by atoms with Crippen LogP contribution in [0.2, 0.25) is 0 Å². The molecule has 0 aromatic rings. The number of hydrogen-bond donors (Lipinski definition) is 1. The van der Waals surface area contributed by atoms with Gasteiger partial charge in [0.25, 0.3) is 0 Å². The van der Waals surface area contributed by atoms with Crippen molar-refractivity contribution >= 4 is 17.7 Å². The number of amides is 1. The minimum absolute atomic E-state index is 0. The summed E-state index contributed by atoms with van der Waals surface area (Å²) in [7, 11) is 0. The number of hydrogen-bond acceptors (Lipinski definition) is 4. The Morgan fingerprint density at radius 2 is 2.00 bits per heavy atom. The van der Waals surface area contributed by atoms with E-state index in [0.29, 0.717) is 5.57 Å². The molecule has 4 unspecified atom stereocenters. The second-order valence-electron chi connectivity index (χ2n) is 4.36. The van der Waals surface area contributed by atoms with E-state index in [2.05, 4.69) is 0 Å². The number of ether oxygens (including phenoxy) is 1. The van der Waals surface area contributed by atoms with E-state index < -0.39 is 35.9 Å². The van der Waals surface area contributed by atoms with Crippen LogP contribution in [-0.2, 0) is 40.2 Å². The largest absolute Gasteiger partial charge is 0.667 e. The number of carboxylic acids is 1. The van der Waals surface area contributed by atoms with Gasteiger partial charge in [-0.3, -0.25) is 9.59 Å².